The number of rotatable bonds is 5. The molecule has 4 rings (SSSR count). The van der Waals surface area contributed by atoms with E-state index in [1.54, 1.807) is 0 Å². The molecule has 0 bridgehead atoms. The van der Waals surface area contributed by atoms with Crippen LogP contribution in [0.1, 0.15) is 38.3 Å². The number of fused-ring (bicyclic) bond motifs is 2. The summed E-state index contributed by atoms with van der Waals surface area (Å²) in [5.74, 6) is 0.210. The van der Waals surface area contributed by atoms with Gasteiger partial charge in [-0.2, -0.15) is 0 Å². The van der Waals surface area contributed by atoms with Crippen LogP contribution in [0.15, 0.2) is 28.9 Å². The summed E-state index contributed by atoms with van der Waals surface area (Å²) < 4.78 is 1.10. The molecule has 2 aromatic rings. The van der Waals surface area contributed by atoms with Crippen LogP contribution in [0.3, 0.4) is 0 Å². The molecule has 5 heteroatoms. The van der Waals surface area contributed by atoms with E-state index in [0.29, 0.717) is 6.04 Å². The average Bonchev–Trinajstić information content (AvgIpc) is 3.00. The maximum absolute atomic E-state index is 13.1. The molecule has 0 saturated heterocycles. The van der Waals surface area contributed by atoms with Crippen molar-refractivity contribution in [2.45, 2.75) is 39.7 Å². The molecule has 144 valence electrons. The van der Waals surface area contributed by atoms with Gasteiger partial charge in [0.2, 0.25) is 5.91 Å². The average molecular weight is 430 g/mol. The first-order valence-electron chi connectivity index (χ1n) is 10.1. The van der Waals surface area contributed by atoms with Gasteiger partial charge < -0.3 is 9.88 Å². The number of hydrogen-bond donors (Lipinski definition) is 1. The maximum atomic E-state index is 13.1. The summed E-state index contributed by atoms with van der Waals surface area (Å²) in [5.41, 5.74) is 5.17. The van der Waals surface area contributed by atoms with Crippen LogP contribution in [-0.2, 0) is 11.2 Å². The Labute approximate surface area is 169 Å². The fourth-order valence-electron chi connectivity index (χ4n) is 4.83. The van der Waals surface area contributed by atoms with E-state index in [9.17, 15) is 4.79 Å². The van der Waals surface area contributed by atoms with E-state index in [2.05, 4.69) is 70.9 Å². The molecule has 2 atom stereocenters. The third-order valence-electron chi connectivity index (χ3n) is 6.10. The zero-order chi connectivity index (χ0) is 19.1. The molecular weight excluding hydrogens is 402 g/mol. The van der Waals surface area contributed by atoms with Gasteiger partial charge in [-0.25, -0.2) is 0 Å². The summed E-state index contributed by atoms with van der Waals surface area (Å²) in [6, 6.07) is 6.83. The summed E-state index contributed by atoms with van der Waals surface area (Å²) in [4.78, 5) is 21.1. The number of nitrogens with zero attached hydrogens (tertiary/aromatic N) is 2. The number of carbonyl (C=O) groups is 1. The SMILES string of the molecule is CCCN1CC(C(=O)N(CC)CC)C=C2c3cccc4[nH]c(Br)c(c34)CC21. The molecule has 1 amide bonds. The van der Waals surface area contributed by atoms with Gasteiger partial charge in [0.15, 0.2) is 0 Å². The van der Waals surface area contributed by atoms with E-state index in [4.69, 9.17) is 0 Å². The highest BCUT2D eigenvalue weighted by Crippen LogP contribution is 2.43. The highest BCUT2D eigenvalue weighted by Gasteiger charge is 2.38. The summed E-state index contributed by atoms with van der Waals surface area (Å²) in [5, 5.41) is 1.32. The number of carbonyl (C=O) groups excluding carboxylic acids is 1. The van der Waals surface area contributed by atoms with Gasteiger partial charge in [-0.15, -0.1) is 0 Å². The van der Waals surface area contributed by atoms with Crippen molar-refractivity contribution in [3.63, 3.8) is 0 Å². The zero-order valence-electron chi connectivity index (χ0n) is 16.4. The molecule has 0 radical (unpaired) electrons. The molecule has 0 spiro atoms. The van der Waals surface area contributed by atoms with Crippen molar-refractivity contribution in [2.24, 2.45) is 5.92 Å². The monoisotopic (exact) mass is 429 g/mol. The number of aromatic nitrogens is 1. The molecule has 1 N–H and O–H groups in total. The van der Waals surface area contributed by atoms with Crippen LogP contribution < -0.4 is 0 Å². The zero-order valence-corrected chi connectivity index (χ0v) is 18.0. The Hall–Kier alpha value is -1.59. The van der Waals surface area contributed by atoms with Gasteiger partial charge in [-0.3, -0.25) is 9.69 Å². The Morgan fingerprint density at radius 3 is 2.78 bits per heavy atom. The second kappa shape index (κ2) is 7.44. The minimum atomic E-state index is -0.0538. The number of halogens is 1. The number of aromatic amines is 1. The molecule has 0 saturated carbocycles. The summed E-state index contributed by atoms with van der Waals surface area (Å²) >= 11 is 3.73. The van der Waals surface area contributed by atoms with Crippen molar-refractivity contribution < 1.29 is 4.79 Å². The first-order chi connectivity index (χ1) is 13.1. The number of benzene rings is 1. The van der Waals surface area contributed by atoms with Gasteiger partial charge in [0.05, 0.1) is 10.5 Å². The van der Waals surface area contributed by atoms with Gasteiger partial charge in [-0.1, -0.05) is 25.1 Å². The Bertz CT molecular complexity index is 896. The lowest BCUT2D eigenvalue weighted by Gasteiger charge is -2.42. The van der Waals surface area contributed by atoms with E-state index >= 15 is 0 Å². The Kier molecular flexibility index (Phi) is 5.17. The number of H-pyrrole nitrogens is 1. The van der Waals surface area contributed by atoms with Crippen LogP contribution in [0.2, 0.25) is 0 Å². The standard InChI is InChI=1S/C22H28BrN3O/c1-4-10-26-13-14(22(27)25(5-2)6-3)11-16-15-8-7-9-18-20(15)17(12-19(16)26)21(23)24-18/h7-9,11,14,19,24H,4-6,10,12-13H2,1-3H3. The third kappa shape index (κ3) is 3.05. The molecule has 27 heavy (non-hydrogen) atoms. The van der Waals surface area contributed by atoms with Crippen molar-refractivity contribution in [1.29, 1.82) is 0 Å². The van der Waals surface area contributed by atoms with Crippen molar-refractivity contribution >= 4 is 38.3 Å². The minimum Gasteiger partial charge on any atom is -0.349 e. The van der Waals surface area contributed by atoms with Gasteiger partial charge in [0.1, 0.15) is 0 Å². The van der Waals surface area contributed by atoms with Gasteiger partial charge in [-0.05, 0) is 71.9 Å². The third-order valence-corrected chi connectivity index (χ3v) is 6.78. The van der Waals surface area contributed by atoms with E-state index in [-0.39, 0.29) is 11.8 Å². The molecule has 2 aliphatic rings. The lowest BCUT2D eigenvalue weighted by Crippen LogP contribution is -2.49. The lowest BCUT2D eigenvalue weighted by atomic mass is 9.79. The van der Waals surface area contributed by atoms with Crippen LogP contribution in [0, 0.1) is 5.92 Å². The number of amides is 1. The predicted octanol–water partition coefficient (Wildman–Crippen LogP) is 4.45. The lowest BCUT2D eigenvalue weighted by molar-refractivity contribution is -0.134. The summed E-state index contributed by atoms with van der Waals surface area (Å²) in [6.45, 7) is 9.75. The second-order valence-corrected chi connectivity index (χ2v) is 8.39. The molecular formula is C22H28BrN3O. The van der Waals surface area contributed by atoms with Crippen molar-refractivity contribution in [3.8, 4) is 0 Å². The second-order valence-electron chi connectivity index (χ2n) is 7.60. The maximum Gasteiger partial charge on any atom is 0.230 e. The highest BCUT2D eigenvalue weighted by atomic mass is 79.9. The summed E-state index contributed by atoms with van der Waals surface area (Å²) in [6.07, 6.45) is 4.37. The van der Waals surface area contributed by atoms with Crippen LogP contribution in [0.4, 0.5) is 0 Å². The molecule has 2 unspecified atom stereocenters. The van der Waals surface area contributed by atoms with Crippen molar-refractivity contribution in [3.05, 3.63) is 40.0 Å². The molecule has 1 aliphatic heterocycles. The normalized spacial score (nSPS) is 21.9. The van der Waals surface area contributed by atoms with E-state index < -0.39 is 0 Å². The number of hydrogen-bond acceptors (Lipinski definition) is 2. The van der Waals surface area contributed by atoms with Crippen LogP contribution in [0.25, 0.3) is 16.5 Å². The van der Waals surface area contributed by atoms with Gasteiger partial charge in [0.25, 0.3) is 0 Å². The topological polar surface area (TPSA) is 39.3 Å². The Morgan fingerprint density at radius 1 is 1.30 bits per heavy atom. The van der Waals surface area contributed by atoms with Crippen molar-refractivity contribution in [1.82, 2.24) is 14.8 Å². The van der Waals surface area contributed by atoms with Gasteiger partial charge >= 0.3 is 0 Å². The number of nitrogens with one attached hydrogen (secondary N) is 1. The quantitative estimate of drug-likeness (QED) is 0.762. The Balaban J connectivity index is 1.83. The van der Waals surface area contributed by atoms with Crippen molar-refractivity contribution in [2.75, 3.05) is 26.2 Å². The first-order valence-corrected chi connectivity index (χ1v) is 10.9. The molecule has 2 heterocycles. The molecule has 4 nitrogen and oxygen atoms in total. The molecule has 0 fully saturated rings. The van der Waals surface area contributed by atoms with E-state index in [0.717, 1.165) is 43.6 Å². The van der Waals surface area contributed by atoms with Crippen LogP contribution >= 0.6 is 15.9 Å². The first kappa shape index (κ1) is 18.8. The molecule has 1 aliphatic carbocycles. The van der Waals surface area contributed by atoms with Crippen LogP contribution in [0.5, 0.6) is 0 Å². The Morgan fingerprint density at radius 2 is 2.07 bits per heavy atom. The minimum absolute atomic E-state index is 0.0538. The fraction of sp³-hybridized carbons (Fsp3) is 0.500. The predicted molar refractivity (Wildman–Crippen MR) is 115 cm³/mol. The largest absolute Gasteiger partial charge is 0.349 e. The molecule has 1 aromatic heterocycles. The smallest absolute Gasteiger partial charge is 0.230 e. The van der Waals surface area contributed by atoms with Crippen LogP contribution in [-0.4, -0.2) is 52.9 Å². The summed E-state index contributed by atoms with van der Waals surface area (Å²) in [7, 11) is 0. The highest BCUT2D eigenvalue weighted by molar-refractivity contribution is 9.10. The van der Waals surface area contributed by atoms with E-state index in [1.165, 1.54) is 27.6 Å². The van der Waals surface area contributed by atoms with E-state index in [1.807, 2.05) is 4.90 Å². The fourth-order valence-corrected chi connectivity index (χ4v) is 5.40. The van der Waals surface area contributed by atoms with Gasteiger partial charge in [0, 0.05) is 36.6 Å². The molecule has 1 aromatic carbocycles.